The van der Waals surface area contributed by atoms with E-state index in [-0.39, 0.29) is 5.91 Å². The van der Waals surface area contributed by atoms with Crippen molar-refractivity contribution in [3.05, 3.63) is 55.1 Å². The number of halogens is 2. The standard InChI is InChI=1S/C13H11Br2NOS/c14-10-3-1-9(2-4-10)13(17)16-8-7-11-5-6-12(15)18-11/h1-6H,7-8H2,(H,16,17). The largest absolute Gasteiger partial charge is 0.352 e. The summed E-state index contributed by atoms with van der Waals surface area (Å²) in [5, 5.41) is 2.91. The Morgan fingerprint density at radius 2 is 1.83 bits per heavy atom. The normalized spacial score (nSPS) is 10.3. The highest BCUT2D eigenvalue weighted by Crippen LogP contribution is 2.22. The predicted octanol–water partition coefficient (Wildman–Crippen LogP) is 4.25. The monoisotopic (exact) mass is 387 g/mol. The minimum atomic E-state index is -0.0295. The van der Waals surface area contributed by atoms with Gasteiger partial charge in [-0.3, -0.25) is 4.79 Å². The molecule has 1 heterocycles. The van der Waals surface area contributed by atoms with Gasteiger partial charge in [-0.05, 0) is 58.7 Å². The fourth-order valence-electron chi connectivity index (χ4n) is 1.49. The van der Waals surface area contributed by atoms with E-state index < -0.39 is 0 Å². The molecule has 1 aromatic heterocycles. The minimum absolute atomic E-state index is 0.0295. The molecule has 0 saturated carbocycles. The van der Waals surface area contributed by atoms with Gasteiger partial charge in [0.05, 0.1) is 3.79 Å². The van der Waals surface area contributed by atoms with Crippen molar-refractivity contribution in [3.8, 4) is 0 Å². The molecule has 2 aromatic rings. The zero-order valence-corrected chi connectivity index (χ0v) is 13.4. The lowest BCUT2D eigenvalue weighted by Gasteiger charge is -2.04. The fraction of sp³-hybridized carbons (Fsp3) is 0.154. The molecule has 0 atom stereocenters. The topological polar surface area (TPSA) is 29.1 Å². The Morgan fingerprint density at radius 3 is 2.44 bits per heavy atom. The van der Waals surface area contributed by atoms with Crippen molar-refractivity contribution in [2.75, 3.05) is 6.54 Å². The van der Waals surface area contributed by atoms with Gasteiger partial charge in [0.25, 0.3) is 5.91 Å². The number of hydrogen-bond donors (Lipinski definition) is 1. The van der Waals surface area contributed by atoms with Crippen LogP contribution in [0.5, 0.6) is 0 Å². The molecule has 18 heavy (non-hydrogen) atoms. The van der Waals surface area contributed by atoms with Crippen LogP contribution in [0.1, 0.15) is 15.2 Å². The van der Waals surface area contributed by atoms with Gasteiger partial charge in [0.15, 0.2) is 0 Å². The third kappa shape index (κ3) is 3.93. The Bertz CT molecular complexity index is 536. The molecule has 2 rings (SSSR count). The smallest absolute Gasteiger partial charge is 0.251 e. The summed E-state index contributed by atoms with van der Waals surface area (Å²) in [5.41, 5.74) is 0.686. The van der Waals surface area contributed by atoms with E-state index in [9.17, 15) is 4.79 Å². The predicted molar refractivity (Wildman–Crippen MR) is 82.2 cm³/mol. The summed E-state index contributed by atoms with van der Waals surface area (Å²) in [6.07, 6.45) is 0.860. The van der Waals surface area contributed by atoms with Crippen LogP contribution in [0.15, 0.2) is 44.7 Å². The maximum Gasteiger partial charge on any atom is 0.251 e. The number of thiophene rings is 1. The minimum Gasteiger partial charge on any atom is -0.352 e. The van der Waals surface area contributed by atoms with Crippen LogP contribution in [0, 0.1) is 0 Å². The molecule has 0 unspecified atom stereocenters. The highest BCUT2D eigenvalue weighted by atomic mass is 79.9. The number of amides is 1. The molecule has 1 amide bonds. The SMILES string of the molecule is O=C(NCCc1ccc(Br)s1)c1ccc(Br)cc1. The van der Waals surface area contributed by atoms with E-state index in [2.05, 4.69) is 43.2 Å². The number of carbonyl (C=O) groups is 1. The zero-order chi connectivity index (χ0) is 13.0. The molecule has 2 nitrogen and oxygen atoms in total. The van der Waals surface area contributed by atoms with Gasteiger partial charge in [-0.1, -0.05) is 15.9 Å². The van der Waals surface area contributed by atoms with Crippen LogP contribution in [-0.4, -0.2) is 12.5 Å². The van der Waals surface area contributed by atoms with Gasteiger partial charge >= 0.3 is 0 Å². The van der Waals surface area contributed by atoms with Crippen LogP contribution >= 0.6 is 43.2 Å². The van der Waals surface area contributed by atoms with E-state index in [4.69, 9.17) is 0 Å². The molecule has 0 bridgehead atoms. The van der Waals surface area contributed by atoms with Crippen molar-refractivity contribution in [2.45, 2.75) is 6.42 Å². The van der Waals surface area contributed by atoms with Gasteiger partial charge in [-0.25, -0.2) is 0 Å². The summed E-state index contributed by atoms with van der Waals surface area (Å²) in [6, 6.07) is 11.4. The number of carbonyl (C=O) groups excluding carboxylic acids is 1. The second kappa shape index (κ2) is 6.50. The van der Waals surface area contributed by atoms with Crippen LogP contribution in [0.3, 0.4) is 0 Å². The first-order chi connectivity index (χ1) is 8.65. The van der Waals surface area contributed by atoms with Gasteiger partial charge in [0, 0.05) is 21.5 Å². The molecule has 5 heteroatoms. The van der Waals surface area contributed by atoms with Gasteiger partial charge < -0.3 is 5.32 Å². The van der Waals surface area contributed by atoms with Crippen LogP contribution in [-0.2, 0) is 6.42 Å². The van der Waals surface area contributed by atoms with E-state index in [0.29, 0.717) is 12.1 Å². The molecule has 0 fully saturated rings. The van der Waals surface area contributed by atoms with Gasteiger partial charge in [0.2, 0.25) is 0 Å². The van der Waals surface area contributed by atoms with Crippen molar-refractivity contribution in [2.24, 2.45) is 0 Å². The first-order valence-corrected chi connectivity index (χ1v) is 7.83. The number of hydrogen-bond acceptors (Lipinski definition) is 2. The Kier molecular flexibility index (Phi) is 4.97. The third-order valence-corrected chi connectivity index (χ3v) is 4.60. The van der Waals surface area contributed by atoms with Crippen LogP contribution in [0.25, 0.3) is 0 Å². The molecule has 0 spiro atoms. The molecule has 0 radical (unpaired) electrons. The summed E-state index contributed by atoms with van der Waals surface area (Å²) in [5.74, 6) is -0.0295. The highest BCUT2D eigenvalue weighted by Gasteiger charge is 2.04. The lowest BCUT2D eigenvalue weighted by Crippen LogP contribution is -2.25. The summed E-state index contributed by atoms with van der Waals surface area (Å²) in [6.45, 7) is 0.655. The van der Waals surface area contributed by atoms with Gasteiger partial charge in [0.1, 0.15) is 0 Å². The summed E-state index contributed by atoms with van der Waals surface area (Å²) >= 11 is 8.46. The van der Waals surface area contributed by atoms with Crippen LogP contribution < -0.4 is 5.32 Å². The second-order valence-electron chi connectivity index (χ2n) is 3.72. The quantitative estimate of drug-likeness (QED) is 0.833. The fourth-order valence-corrected chi connectivity index (χ4v) is 3.24. The van der Waals surface area contributed by atoms with Crippen molar-refractivity contribution >= 4 is 49.1 Å². The van der Waals surface area contributed by atoms with Gasteiger partial charge in [-0.15, -0.1) is 11.3 Å². The van der Waals surface area contributed by atoms with E-state index in [1.165, 1.54) is 4.88 Å². The maximum atomic E-state index is 11.8. The van der Waals surface area contributed by atoms with E-state index in [1.807, 2.05) is 18.2 Å². The molecule has 1 N–H and O–H groups in total. The third-order valence-electron chi connectivity index (χ3n) is 2.39. The molecule has 0 saturated heterocycles. The average molecular weight is 389 g/mol. The van der Waals surface area contributed by atoms with Crippen molar-refractivity contribution in [3.63, 3.8) is 0 Å². The average Bonchev–Trinajstić information content (AvgIpc) is 2.76. The van der Waals surface area contributed by atoms with E-state index >= 15 is 0 Å². The number of benzene rings is 1. The van der Waals surface area contributed by atoms with Crippen molar-refractivity contribution in [1.82, 2.24) is 5.32 Å². The number of rotatable bonds is 4. The van der Waals surface area contributed by atoms with Crippen molar-refractivity contribution in [1.29, 1.82) is 0 Å². The molecular weight excluding hydrogens is 378 g/mol. The molecule has 0 aliphatic rings. The summed E-state index contributed by atoms with van der Waals surface area (Å²) in [7, 11) is 0. The maximum absolute atomic E-state index is 11.8. The van der Waals surface area contributed by atoms with Crippen LogP contribution in [0.4, 0.5) is 0 Å². The summed E-state index contributed by atoms with van der Waals surface area (Å²) < 4.78 is 2.10. The summed E-state index contributed by atoms with van der Waals surface area (Å²) in [4.78, 5) is 13.1. The first kappa shape index (κ1) is 13.8. The molecule has 0 aliphatic heterocycles. The molecular formula is C13H11Br2NOS. The van der Waals surface area contributed by atoms with E-state index in [0.717, 1.165) is 14.7 Å². The van der Waals surface area contributed by atoms with Crippen molar-refractivity contribution < 1.29 is 4.79 Å². The molecule has 1 aromatic carbocycles. The second-order valence-corrected chi connectivity index (χ2v) is 7.18. The first-order valence-electron chi connectivity index (χ1n) is 5.43. The molecule has 94 valence electrons. The molecule has 0 aliphatic carbocycles. The number of nitrogens with one attached hydrogen (secondary N) is 1. The Hall–Kier alpha value is -0.650. The zero-order valence-electron chi connectivity index (χ0n) is 9.45. The Morgan fingerprint density at radius 1 is 1.11 bits per heavy atom. The highest BCUT2D eigenvalue weighted by molar-refractivity contribution is 9.11. The Labute approximate surface area is 127 Å². The van der Waals surface area contributed by atoms with Crippen LogP contribution in [0.2, 0.25) is 0 Å². The van der Waals surface area contributed by atoms with Gasteiger partial charge in [-0.2, -0.15) is 0 Å². The lowest BCUT2D eigenvalue weighted by molar-refractivity contribution is 0.0954. The van der Waals surface area contributed by atoms with E-state index in [1.54, 1.807) is 23.5 Å². The lowest BCUT2D eigenvalue weighted by atomic mass is 10.2. The Balaban J connectivity index is 1.83.